The number of carbonyl (C=O) groups is 3. The minimum atomic E-state index is -1.39. The molecule has 1 aromatic carbocycles. The van der Waals surface area contributed by atoms with Crippen LogP contribution in [0.3, 0.4) is 0 Å². The van der Waals surface area contributed by atoms with Gasteiger partial charge in [0.15, 0.2) is 5.54 Å². The Morgan fingerprint density at radius 1 is 1.41 bits per heavy atom. The molecule has 146 valence electrons. The molecule has 0 spiro atoms. The Morgan fingerprint density at radius 2 is 2.15 bits per heavy atom. The number of benzene rings is 1. The second kappa shape index (κ2) is 7.68. The van der Waals surface area contributed by atoms with Crippen LogP contribution < -0.4 is 10.2 Å². The highest BCUT2D eigenvalue weighted by Gasteiger charge is 2.46. The number of carboxylic acid groups (broad SMARTS) is 1. The van der Waals surface area contributed by atoms with E-state index in [0.29, 0.717) is 12.5 Å². The van der Waals surface area contributed by atoms with Crippen molar-refractivity contribution in [1.29, 1.82) is 0 Å². The minimum absolute atomic E-state index is 0.0463. The normalized spacial score (nSPS) is 26.2. The molecule has 2 heterocycles. The van der Waals surface area contributed by atoms with Crippen molar-refractivity contribution in [2.45, 2.75) is 44.6 Å². The van der Waals surface area contributed by atoms with E-state index in [0.717, 1.165) is 17.7 Å². The van der Waals surface area contributed by atoms with Gasteiger partial charge in [-0.25, -0.2) is 4.79 Å². The summed E-state index contributed by atoms with van der Waals surface area (Å²) < 4.78 is 5.18. The van der Waals surface area contributed by atoms with Crippen LogP contribution in [-0.4, -0.2) is 48.2 Å². The molecular weight excluding hydrogens is 348 g/mol. The molecule has 0 bridgehead atoms. The van der Waals surface area contributed by atoms with Crippen LogP contribution in [0.2, 0.25) is 0 Å². The summed E-state index contributed by atoms with van der Waals surface area (Å²) in [5.41, 5.74) is 0.534. The summed E-state index contributed by atoms with van der Waals surface area (Å²) >= 11 is 0. The van der Waals surface area contributed by atoms with Crippen LogP contribution in [0.1, 0.15) is 44.6 Å². The Kier molecular flexibility index (Phi) is 5.51. The first kappa shape index (κ1) is 19.4. The number of rotatable bonds is 6. The average molecular weight is 374 g/mol. The van der Waals surface area contributed by atoms with Crippen LogP contribution in [0.25, 0.3) is 0 Å². The van der Waals surface area contributed by atoms with E-state index in [4.69, 9.17) is 4.74 Å². The Balaban J connectivity index is 1.76. The molecular formula is C20H26N2O5. The van der Waals surface area contributed by atoms with Gasteiger partial charge in [0.2, 0.25) is 11.8 Å². The zero-order valence-electron chi connectivity index (χ0n) is 15.7. The predicted octanol–water partition coefficient (Wildman–Crippen LogP) is 1.91. The number of anilines is 1. The Morgan fingerprint density at radius 3 is 2.78 bits per heavy atom. The number of nitrogens with zero attached hydrogens (tertiary/aromatic N) is 1. The summed E-state index contributed by atoms with van der Waals surface area (Å²) in [6.07, 6.45) is 1.26. The second-order valence-corrected chi connectivity index (χ2v) is 7.45. The number of hydrogen-bond donors (Lipinski definition) is 2. The number of para-hydroxylation sites is 1. The zero-order chi connectivity index (χ0) is 19.6. The lowest BCUT2D eigenvalue weighted by Crippen LogP contribution is -2.56. The highest BCUT2D eigenvalue weighted by molar-refractivity contribution is 6.01. The summed E-state index contributed by atoms with van der Waals surface area (Å²) in [5.74, 6) is -1.89. The van der Waals surface area contributed by atoms with Crippen molar-refractivity contribution >= 4 is 23.5 Å². The van der Waals surface area contributed by atoms with E-state index in [1.54, 1.807) is 4.90 Å². The van der Waals surface area contributed by atoms with Crippen LogP contribution in [0.15, 0.2) is 24.3 Å². The van der Waals surface area contributed by atoms with Gasteiger partial charge < -0.3 is 20.1 Å². The standard InChI is InChI=1S/C20H26N2O5/c1-3-13(2)15-6-4-5-7-16(15)22-11-14(10-17(22)23)18(24)21-20(19(25)26)8-9-27-12-20/h4-7,13-14H,3,8-12H2,1-2H3,(H,21,24)(H,25,26). The lowest BCUT2D eigenvalue weighted by atomic mass is 9.96. The summed E-state index contributed by atoms with van der Waals surface area (Å²) in [6.45, 7) is 4.72. The predicted molar refractivity (Wildman–Crippen MR) is 99.6 cm³/mol. The summed E-state index contributed by atoms with van der Waals surface area (Å²) in [6, 6.07) is 7.76. The Labute approximate surface area is 158 Å². The summed E-state index contributed by atoms with van der Waals surface area (Å²) in [7, 11) is 0. The van der Waals surface area contributed by atoms with Crippen molar-refractivity contribution in [3.05, 3.63) is 29.8 Å². The van der Waals surface area contributed by atoms with E-state index in [1.165, 1.54) is 0 Å². The molecule has 2 amide bonds. The van der Waals surface area contributed by atoms with Crippen molar-refractivity contribution in [3.8, 4) is 0 Å². The third-order valence-corrected chi connectivity index (χ3v) is 5.66. The van der Waals surface area contributed by atoms with Gasteiger partial charge in [0.1, 0.15) is 0 Å². The Bertz CT molecular complexity index is 742. The van der Waals surface area contributed by atoms with Crippen molar-refractivity contribution in [3.63, 3.8) is 0 Å². The molecule has 0 aliphatic carbocycles. The third-order valence-electron chi connectivity index (χ3n) is 5.66. The van der Waals surface area contributed by atoms with E-state index >= 15 is 0 Å². The maximum Gasteiger partial charge on any atom is 0.331 e. The van der Waals surface area contributed by atoms with Gasteiger partial charge in [0.25, 0.3) is 0 Å². The molecule has 3 rings (SSSR count). The molecule has 27 heavy (non-hydrogen) atoms. The van der Waals surface area contributed by atoms with Gasteiger partial charge in [0.05, 0.1) is 12.5 Å². The van der Waals surface area contributed by atoms with E-state index in [1.807, 2.05) is 24.3 Å². The van der Waals surface area contributed by atoms with Crippen molar-refractivity contribution in [2.24, 2.45) is 5.92 Å². The van der Waals surface area contributed by atoms with Crippen LogP contribution in [0.5, 0.6) is 0 Å². The van der Waals surface area contributed by atoms with E-state index in [-0.39, 0.29) is 31.9 Å². The molecule has 3 atom stereocenters. The number of carbonyl (C=O) groups excluding carboxylic acids is 2. The molecule has 2 saturated heterocycles. The van der Waals surface area contributed by atoms with Gasteiger partial charge in [-0.1, -0.05) is 32.0 Å². The molecule has 2 aliphatic heterocycles. The molecule has 2 N–H and O–H groups in total. The minimum Gasteiger partial charge on any atom is -0.479 e. The van der Waals surface area contributed by atoms with Crippen LogP contribution in [-0.2, 0) is 19.1 Å². The molecule has 2 aliphatic rings. The van der Waals surface area contributed by atoms with Crippen LogP contribution in [0.4, 0.5) is 5.69 Å². The SMILES string of the molecule is CCC(C)c1ccccc1N1CC(C(=O)NC2(C(=O)O)CCOC2)CC1=O. The first-order valence-electron chi connectivity index (χ1n) is 9.40. The molecule has 0 aromatic heterocycles. The average Bonchev–Trinajstić information content (AvgIpc) is 3.28. The lowest BCUT2D eigenvalue weighted by molar-refractivity contribution is -0.148. The number of amides is 2. The summed E-state index contributed by atoms with van der Waals surface area (Å²) in [5, 5.41) is 12.1. The van der Waals surface area contributed by atoms with Crippen LogP contribution >= 0.6 is 0 Å². The molecule has 2 fully saturated rings. The maximum absolute atomic E-state index is 12.7. The highest BCUT2D eigenvalue weighted by Crippen LogP contribution is 2.33. The quantitative estimate of drug-likeness (QED) is 0.793. The second-order valence-electron chi connectivity index (χ2n) is 7.45. The molecule has 1 aromatic rings. The Hall–Kier alpha value is -2.41. The van der Waals surface area contributed by atoms with E-state index in [9.17, 15) is 19.5 Å². The first-order valence-corrected chi connectivity index (χ1v) is 9.40. The monoisotopic (exact) mass is 374 g/mol. The van der Waals surface area contributed by atoms with Crippen molar-refractivity contribution in [2.75, 3.05) is 24.7 Å². The number of aliphatic carboxylic acids is 1. The molecule has 0 radical (unpaired) electrons. The highest BCUT2D eigenvalue weighted by atomic mass is 16.5. The van der Waals surface area contributed by atoms with Crippen molar-refractivity contribution in [1.82, 2.24) is 5.32 Å². The largest absolute Gasteiger partial charge is 0.479 e. The fourth-order valence-corrected chi connectivity index (χ4v) is 3.71. The van der Waals surface area contributed by atoms with Gasteiger partial charge in [0, 0.05) is 31.7 Å². The molecule has 0 saturated carbocycles. The number of ether oxygens (including phenoxy) is 1. The first-order chi connectivity index (χ1) is 12.9. The smallest absolute Gasteiger partial charge is 0.331 e. The summed E-state index contributed by atoms with van der Waals surface area (Å²) in [4.78, 5) is 38.6. The van der Waals surface area contributed by atoms with Gasteiger partial charge in [-0.05, 0) is 24.0 Å². The molecule has 3 unspecified atom stereocenters. The van der Waals surface area contributed by atoms with Crippen molar-refractivity contribution < 1.29 is 24.2 Å². The fourth-order valence-electron chi connectivity index (χ4n) is 3.71. The van der Waals surface area contributed by atoms with E-state index in [2.05, 4.69) is 19.2 Å². The number of hydrogen-bond acceptors (Lipinski definition) is 4. The fraction of sp³-hybridized carbons (Fsp3) is 0.550. The topological polar surface area (TPSA) is 95.9 Å². The molecule has 7 nitrogen and oxygen atoms in total. The maximum atomic E-state index is 12.7. The lowest BCUT2D eigenvalue weighted by Gasteiger charge is -2.26. The van der Waals surface area contributed by atoms with E-state index < -0.39 is 23.3 Å². The van der Waals surface area contributed by atoms with Crippen LogP contribution in [0, 0.1) is 5.92 Å². The zero-order valence-corrected chi connectivity index (χ0v) is 15.7. The van der Waals surface area contributed by atoms with Gasteiger partial charge in [-0.3, -0.25) is 9.59 Å². The van der Waals surface area contributed by atoms with Gasteiger partial charge in [-0.2, -0.15) is 0 Å². The third kappa shape index (κ3) is 3.69. The van der Waals surface area contributed by atoms with Gasteiger partial charge >= 0.3 is 5.97 Å². The number of nitrogens with one attached hydrogen (secondary N) is 1. The van der Waals surface area contributed by atoms with Gasteiger partial charge in [-0.15, -0.1) is 0 Å². The molecule has 7 heteroatoms. The number of carboxylic acids is 1.